The minimum absolute atomic E-state index is 0.178. The van der Waals surface area contributed by atoms with Gasteiger partial charge in [-0.15, -0.1) is 0 Å². The van der Waals surface area contributed by atoms with Crippen LogP contribution in [0.1, 0.15) is 32.1 Å². The number of carbonyl (C=O) groups excluding carboxylic acids is 1. The molecule has 17 heavy (non-hydrogen) atoms. The standard InChI is InChI=1S/C12H15F3O2/c13-12(14,15)11(16)17-10-8-2-6-1-7(4-8)5-9(10)3-6/h6-10H,1-5H2. The summed E-state index contributed by atoms with van der Waals surface area (Å²) in [5.74, 6) is -0.318. The van der Waals surface area contributed by atoms with Crippen molar-refractivity contribution in [2.75, 3.05) is 0 Å². The zero-order valence-electron chi connectivity index (χ0n) is 9.37. The quantitative estimate of drug-likeness (QED) is 0.667. The lowest BCUT2D eigenvalue weighted by Crippen LogP contribution is -2.51. The van der Waals surface area contributed by atoms with Crippen LogP contribution in [-0.2, 0) is 9.53 Å². The van der Waals surface area contributed by atoms with E-state index >= 15 is 0 Å². The molecule has 0 aliphatic heterocycles. The summed E-state index contributed by atoms with van der Waals surface area (Å²) in [6.07, 6.45) is -0.310. The van der Waals surface area contributed by atoms with Gasteiger partial charge in [0.25, 0.3) is 0 Å². The Bertz CT molecular complexity index is 309. The van der Waals surface area contributed by atoms with Crippen molar-refractivity contribution >= 4 is 5.97 Å². The average Bonchev–Trinajstić information content (AvgIpc) is 2.20. The largest absolute Gasteiger partial charge is 0.490 e. The second-order valence-corrected chi connectivity index (χ2v) is 5.80. The molecular formula is C12H15F3O2. The molecule has 2 nitrogen and oxygen atoms in total. The Morgan fingerprint density at radius 1 is 0.941 bits per heavy atom. The lowest BCUT2D eigenvalue weighted by Gasteiger charge is -2.53. The molecule has 0 spiro atoms. The van der Waals surface area contributed by atoms with Gasteiger partial charge >= 0.3 is 12.1 Å². The molecule has 96 valence electrons. The van der Waals surface area contributed by atoms with Crippen molar-refractivity contribution in [2.45, 2.75) is 44.4 Å². The lowest BCUT2D eigenvalue weighted by molar-refractivity contribution is -0.218. The maximum atomic E-state index is 12.2. The van der Waals surface area contributed by atoms with Crippen LogP contribution in [0.4, 0.5) is 13.2 Å². The first-order chi connectivity index (χ1) is 7.93. The van der Waals surface area contributed by atoms with Gasteiger partial charge in [-0.2, -0.15) is 13.2 Å². The van der Waals surface area contributed by atoms with E-state index < -0.39 is 18.2 Å². The summed E-state index contributed by atoms with van der Waals surface area (Å²) in [6, 6.07) is 0. The smallest absolute Gasteiger partial charge is 0.455 e. The first-order valence-electron chi connectivity index (χ1n) is 6.21. The SMILES string of the molecule is O=C(OC1C2CC3CC(C2)CC1C3)C(F)(F)F. The molecule has 0 aromatic heterocycles. The molecule has 0 saturated heterocycles. The van der Waals surface area contributed by atoms with Crippen molar-refractivity contribution in [3.8, 4) is 0 Å². The fraction of sp³-hybridized carbons (Fsp3) is 0.917. The number of hydrogen-bond donors (Lipinski definition) is 0. The summed E-state index contributed by atoms with van der Waals surface area (Å²) in [5.41, 5.74) is 0. The minimum atomic E-state index is -4.85. The molecule has 4 rings (SSSR count). The van der Waals surface area contributed by atoms with Crippen LogP contribution in [0.5, 0.6) is 0 Å². The molecule has 0 unspecified atom stereocenters. The third-order valence-corrected chi connectivity index (χ3v) is 4.61. The number of ether oxygens (including phenoxy) is 1. The van der Waals surface area contributed by atoms with Gasteiger partial charge in [-0.1, -0.05) is 0 Å². The van der Waals surface area contributed by atoms with Gasteiger partial charge in [-0.3, -0.25) is 0 Å². The van der Waals surface area contributed by atoms with E-state index in [1.54, 1.807) is 0 Å². The van der Waals surface area contributed by atoms with Gasteiger partial charge in [0.2, 0.25) is 0 Å². The third kappa shape index (κ3) is 1.93. The van der Waals surface area contributed by atoms with Crippen molar-refractivity contribution in [1.29, 1.82) is 0 Å². The van der Waals surface area contributed by atoms with Crippen molar-refractivity contribution in [1.82, 2.24) is 0 Å². The fourth-order valence-corrected chi connectivity index (χ4v) is 4.26. The summed E-state index contributed by atoms with van der Waals surface area (Å²) < 4.78 is 41.3. The van der Waals surface area contributed by atoms with Crippen molar-refractivity contribution in [2.24, 2.45) is 23.7 Å². The molecule has 4 aliphatic carbocycles. The summed E-state index contributed by atoms with van der Waals surface area (Å²) in [7, 11) is 0. The Labute approximate surface area is 97.5 Å². The van der Waals surface area contributed by atoms with Gasteiger partial charge in [0.05, 0.1) is 0 Å². The number of rotatable bonds is 1. The molecule has 0 aromatic rings. The second-order valence-electron chi connectivity index (χ2n) is 5.80. The van der Waals surface area contributed by atoms with Gasteiger partial charge in [-0.05, 0) is 55.8 Å². The Morgan fingerprint density at radius 2 is 1.41 bits per heavy atom. The Balaban J connectivity index is 1.70. The number of halogens is 3. The molecule has 4 bridgehead atoms. The van der Waals surface area contributed by atoms with Crippen LogP contribution >= 0.6 is 0 Å². The van der Waals surface area contributed by atoms with E-state index in [4.69, 9.17) is 4.74 Å². The predicted octanol–water partition coefficient (Wildman–Crippen LogP) is 2.92. The molecule has 4 fully saturated rings. The van der Waals surface area contributed by atoms with E-state index in [-0.39, 0.29) is 11.8 Å². The van der Waals surface area contributed by atoms with E-state index in [2.05, 4.69) is 0 Å². The van der Waals surface area contributed by atoms with Gasteiger partial charge in [0.1, 0.15) is 6.10 Å². The topological polar surface area (TPSA) is 26.3 Å². The maximum absolute atomic E-state index is 12.2. The highest BCUT2D eigenvalue weighted by atomic mass is 19.4. The monoisotopic (exact) mass is 248 g/mol. The Kier molecular flexibility index (Phi) is 2.42. The van der Waals surface area contributed by atoms with Crippen LogP contribution in [0.2, 0.25) is 0 Å². The number of alkyl halides is 3. The zero-order valence-corrected chi connectivity index (χ0v) is 9.37. The number of hydrogen-bond acceptors (Lipinski definition) is 2. The summed E-state index contributed by atoms with van der Waals surface area (Å²) in [5, 5.41) is 0. The highest BCUT2D eigenvalue weighted by molar-refractivity contribution is 5.75. The zero-order chi connectivity index (χ0) is 12.2. The average molecular weight is 248 g/mol. The lowest BCUT2D eigenvalue weighted by atomic mass is 9.55. The van der Waals surface area contributed by atoms with E-state index in [0.717, 1.165) is 25.7 Å². The molecule has 0 atom stereocenters. The maximum Gasteiger partial charge on any atom is 0.490 e. The van der Waals surface area contributed by atoms with Crippen LogP contribution in [0.15, 0.2) is 0 Å². The third-order valence-electron chi connectivity index (χ3n) is 4.61. The van der Waals surface area contributed by atoms with E-state index in [9.17, 15) is 18.0 Å². The van der Waals surface area contributed by atoms with Crippen LogP contribution in [-0.4, -0.2) is 18.2 Å². The first-order valence-corrected chi connectivity index (χ1v) is 6.21. The molecular weight excluding hydrogens is 233 g/mol. The highest BCUT2D eigenvalue weighted by Crippen LogP contribution is 2.54. The van der Waals surface area contributed by atoms with Crippen LogP contribution in [0.25, 0.3) is 0 Å². The predicted molar refractivity (Wildman–Crippen MR) is 53.0 cm³/mol. The van der Waals surface area contributed by atoms with E-state index in [1.165, 1.54) is 6.42 Å². The van der Waals surface area contributed by atoms with Gasteiger partial charge < -0.3 is 4.74 Å². The van der Waals surface area contributed by atoms with Crippen molar-refractivity contribution in [3.63, 3.8) is 0 Å². The molecule has 4 aliphatic rings. The van der Waals surface area contributed by atoms with Crippen LogP contribution in [0, 0.1) is 23.7 Å². The molecule has 0 heterocycles. The molecule has 5 heteroatoms. The highest BCUT2D eigenvalue weighted by Gasteiger charge is 2.52. The van der Waals surface area contributed by atoms with Gasteiger partial charge in [-0.25, -0.2) is 4.79 Å². The molecule has 0 aromatic carbocycles. The van der Waals surface area contributed by atoms with Crippen LogP contribution in [0.3, 0.4) is 0 Å². The Morgan fingerprint density at radius 3 is 1.82 bits per heavy atom. The van der Waals surface area contributed by atoms with Crippen LogP contribution < -0.4 is 0 Å². The van der Waals surface area contributed by atoms with Gasteiger partial charge in [0.15, 0.2) is 0 Å². The van der Waals surface area contributed by atoms with Gasteiger partial charge in [0, 0.05) is 0 Å². The Hall–Kier alpha value is -0.740. The molecule has 0 N–H and O–H groups in total. The molecule has 0 amide bonds. The molecule has 0 radical (unpaired) electrons. The summed E-state index contributed by atoms with van der Waals surface area (Å²) in [4.78, 5) is 10.9. The second kappa shape index (κ2) is 3.62. The fourth-order valence-electron chi connectivity index (χ4n) is 4.26. The number of carbonyl (C=O) groups is 1. The van der Waals surface area contributed by atoms with E-state index in [0.29, 0.717) is 11.8 Å². The summed E-state index contributed by atoms with van der Waals surface area (Å²) in [6.45, 7) is 0. The van der Waals surface area contributed by atoms with E-state index in [1.807, 2.05) is 0 Å². The van der Waals surface area contributed by atoms with Crippen molar-refractivity contribution in [3.05, 3.63) is 0 Å². The first kappa shape index (κ1) is 11.4. The minimum Gasteiger partial charge on any atom is -0.455 e. The number of esters is 1. The summed E-state index contributed by atoms with van der Waals surface area (Å²) >= 11 is 0. The van der Waals surface area contributed by atoms with Crippen molar-refractivity contribution < 1.29 is 22.7 Å². The molecule has 4 saturated carbocycles. The normalized spacial score (nSPS) is 43.8.